The maximum absolute atomic E-state index is 5.54. The molecule has 0 atom stereocenters. The Hall–Kier alpha value is -0.560. The first kappa shape index (κ1) is 15.5. The molecule has 0 fully saturated rings. The van der Waals surface area contributed by atoms with Crippen molar-refractivity contribution in [3.8, 4) is 0 Å². The first-order chi connectivity index (χ1) is 8.61. The minimum absolute atomic E-state index is 0.546. The van der Waals surface area contributed by atoms with Crippen molar-refractivity contribution < 1.29 is 4.74 Å². The van der Waals surface area contributed by atoms with E-state index in [0.29, 0.717) is 11.6 Å². The van der Waals surface area contributed by atoms with Crippen molar-refractivity contribution >= 4 is 33.1 Å². The molecule has 0 radical (unpaired) electrons. The number of methoxy groups -OCH3 is 1. The average molecular weight is 332 g/mol. The second-order valence-corrected chi connectivity index (χ2v) is 5.44. The molecule has 6 heteroatoms. The highest BCUT2D eigenvalue weighted by Crippen LogP contribution is 2.11. The summed E-state index contributed by atoms with van der Waals surface area (Å²) in [4.78, 5) is 6.96. The summed E-state index contributed by atoms with van der Waals surface area (Å²) in [6.07, 6.45) is 4.36. The Kier molecular flexibility index (Phi) is 7.34. The van der Waals surface area contributed by atoms with Gasteiger partial charge in [0.1, 0.15) is 0 Å². The van der Waals surface area contributed by atoms with Crippen molar-refractivity contribution in [2.75, 3.05) is 26.8 Å². The molecule has 1 heterocycles. The molecule has 100 valence electrons. The molecule has 0 aliphatic heterocycles. The second-order valence-electron chi connectivity index (χ2n) is 4.00. The molecule has 1 rings (SSSR count). The molecule has 0 aromatic carbocycles. The summed E-state index contributed by atoms with van der Waals surface area (Å²) >= 11 is 8.33. The largest absolute Gasteiger partial charge is 0.393 e. The summed E-state index contributed by atoms with van der Waals surface area (Å²) in [6.45, 7) is 3.20. The van der Waals surface area contributed by atoms with Crippen molar-refractivity contribution in [3.63, 3.8) is 0 Å². The molecule has 18 heavy (non-hydrogen) atoms. The van der Waals surface area contributed by atoms with E-state index in [1.807, 2.05) is 6.20 Å². The van der Waals surface area contributed by atoms with Crippen LogP contribution >= 0.6 is 28.1 Å². The Morgan fingerprint density at radius 3 is 2.89 bits per heavy atom. The van der Waals surface area contributed by atoms with E-state index in [-0.39, 0.29) is 0 Å². The maximum atomic E-state index is 5.54. The molecule has 0 saturated carbocycles. The number of pyridine rings is 1. The van der Waals surface area contributed by atoms with E-state index in [9.17, 15) is 0 Å². The third kappa shape index (κ3) is 6.39. The molecule has 0 bridgehead atoms. The van der Waals surface area contributed by atoms with Crippen LogP contribution in [0.3, 0.4) is 0 Å². The smallest absolute Gasteiger partial charge is 0.0740 e. The third-order valence-corrected chi connectivity index (χ3v) is 3.09. The van der Waals surface area contributed by atoms with Crippen LogP contribution in [0.1, 0.15) is 12.0 Å². The molecule has 1 aromatic rings. The molecule has 0 amide bonds. The number of hydrogen-bond acceptors (Lipinski definition) is 4. The zero-order valence-electron chi connectivity index (χ0n) is 10.4. The molecule has 0 aliphatic rings. The van der Waals surface area contributed by atoms with Gasteiger partial charge in [-0.15, -0.1) is 0 Å². The van der Waals surface area contributed by atoms with Crippen LogP contribution in [0.4, 0.5) is 0 Å². The molecule has 1 aromatic heterocycles. The van der Waals surface area contributed by atoms with Gasteiger partial charge in [0.05, 0.1) is 11.6 Å². The minimum atomic E-state index is 0.546. The number of ether oxygens (including phenoxy) is 1. The van der Waals surface area contributed by atoms with Gasteiger partial charge in [0.15, 0.2) is 0 Å². The zero-order valence-corrected chi connectivity index (χ0v) is 12.8. The highest BCUT2D eigenvalue weighted by Gasteiger charge is 2.07. The number of hydrogen-bond donors (Lipinski definition) is 1. The molecule has 2 N–H and O–H groups in total. The number of thiocarbonyl (C=S) groups is 1. The summed E-state index contributed by atoms with van der Waals surface area (Å²) in [7, 11) is 1.70. The van der Waals surface area contributed by atoms with E-state index >= 15 is 0 Å². The van der Waals surface area contributed by atoms with Gasteiger partial charge in [-0.3, -0.25) is 9.88 Å². The predicted octanol–water partition coefficient (Wildman–Crippen LogP) is 1.97. The van der Waals surface area contributed by atoms with Crippen LogP contribution in [0.2, 0.25) is 0 Å². The molecule has 0 saturated heterocycles. The number of aromatic nitrogens is 1. The lowest BCUT2D eigenvalue weighted by Crippen LogP contribution is -2.30. The highest BCUT2D eigenvalue weighted by atomic mass is 79.9. The SMILES string of the molecule is COCCN(CCC(N)=S)Cc1cncc(Br)c1. The van der Waals surface area contributed by atoms with Gasteiger partial charge in [0.2, 0.25) is 0 Å². The lowest BCUT2D eigenvalue weighted by atomic mass is 10.2. The quantitative estimate of drug-likeness (QED) is 0.738. The highest BCUT2D eigenvalue weighted by molar-refractivity contribution is 9.10. The second kappa shape index (κ2) is 8.53. The van der Waals surface area contributed by atoms with Crippen molar-refractivity contribution in [3.05, 3.63) is 28.5 Å². The maximum Gasteiger partial charge on any atom is 0.0740 e. The monoisotopic (exact) mass is 331 g/mol. The van der Waals surface area contributed by atoms with Gasteiger partial charge in [-0.05, 0) is 27.6 Å². The molecular formula is C12H18BrN3OS. The van der Waals surface area contributed by atoms with Gasteiger partial charge in [-0.1, -0.05) is 12.2 Å². The number of rotatable bonds is 8. The normalized spacial score (nSPS) is 10.8. The topological polar surface area (TPSA) is 51.4 Å². The predicted molar refractivity (Wildman–Crippen MR) is 80.5 cm³/mol. The van der Waals surface area contributed by atoms with Gasteiger partial charge < -0.3 is 10.5 Å². The van der Waals surface area contributed by atoms with Crippen LogP contribution in [0.25, 0.3) is 0 Å². The minimum Gasteiger partial charge on any atom is -0.393 e. The number of nitrogens with two attached hydrogens (primary N) is 1. The van der Waals surface area contributed by atoms with E-state index in [4.69, 9.17) is 22.7 Å². The lowest BCUT2D eigenvalue weighted by molar-refractivity contribution is 0.146. The Balaban J connectivity index is 2.56. The Labute approximate surface area is 122 Å². The van der Waals surface area contributed by atoms with E-state index < -0.39 is 0 Å². The standard InChI is InChI=1S/C12H18BrN3OS/c1-17-5-4-16(3-2-12(14)18)9-10-6-11(13)8-15-7-10/h6-8H,2-5,9H2,1H3,(H2,14,18). The molecule has 0 spiro atoms. The van der Waals surface area contributed by atoms with Crippen LogP contribution in [0.5, 0.6) is 0 Å². The fourth-order valence-electron chi connectivity index (χ4n) is 1.56. The average Bonchev–Trinajstić information content (AvgIpc) is 2.32. The summed E-state index contributed by atoms with van der Waals surface area (Å²) in [5.74, 6) is 0. The Morgan fingerprint density at radius 2 is 2.28 bits per heavy atom. The van der Waals surface area contributed by atoms with Crippen molar-refractivity contribution in [1.82, 2.24) is 9.88 Å². The molecule has 0 aliphatic carbocycles. The van der Waals surface area contributed by atoms with Crippen molar-refractivity contribution in [1.29, 1.82) is 0 Å². The number of nitrogens with zero attached hydrogens (tertiary/aromatic N) is 2. The Morgan fingerprint density at radius 1 is 1.50 bits per heavy atom. The fraction of sp³-hybridized carbons (Fsp3) is 0.500. The van der Waals surface area contributed by atoms with Gasteiger partial charge in [0, 0.05) is 50.0 Å². The summed E-state index contributed by atoms with van der Waals surface area (Å²) in [5.41, 5.74) is 6.70. The first-order valence-corrected chi connectivity index (χ1v) is 6.91. The molecule has 0 unspecified atom stereocenters. The van der Waals surface area contributed by atoms with Crippen LogP contribution in [-0.2, 0) is 11.3 Å². The van der Waals surface area contributed by atoms with Crippen molar-refractivity contribution in [2.45, 2.75) is 13.0 Å². The summed E-state index contributed by atoms with van der Waals surface area (Å²) < 4.78 is 6.10. The van der Waals surface area contributed by atoms with Crippen LogP contribution < -0.4 is 5.73 Å². The first-order valence-electron chi connectivity index (χ1n) is 5.71. The molecule has 4 nitrogen and oxygen atoms in total. The van der Waals surface area contributed by atoms with Crippen molar-refractivity contribution in [2.24, 2.45) is 5.73 Å². The molecular weight excluding hydrogens is 314 g/mol. The van der Waals surface area contributed by atoms with Crippen LogP contribution in [-0.4, -0.2) is 41.7 Å². The lowest BCUT2D eigenvalue weighted by Gasteiger charge is -2.21. The van der Waals surface area contributed by atoms with Crippen LogP contribution in [0, 0.1) is 0 Å². The zero-order chi connectivity index (χ0) is 13.4. The summed E-state index contributed by atoms with van der Waals surface area (Å²) in [6, 6.07) is 2.06. The summed E-state index contributed by atoms with van der Waals surface area (Å²) in [5, 5.41) is 0. The van der Waals surface area contributed by atoms with Gasteiger partial charge in [-0.25, -0.2) is 0 Å². The third-order valence-electron chi connectivity index (χ3n) is 2.45. The van der Waals surface area contributed by atoms with E-state index in [1.165, 1.54) is 0 Å². The van der Waals surface area contributed by atoms with E-state index in [1.54, 1.807) is 13.3 Å². The van der Waals surface area contributed by atoms with E-state index in [2.05, 4.69) is 31.9 Å². The fourth-order valence-corrected chi connectivity index (χ4v) is 2.06. The van der Waals surface area contributed by atoms with Gasteiger partial charge >= 0.3 is 0 Å². The number of halogens is 1. The van der Waals surface area contributed by atoms with E-state index in [0.717, 1.165) is 36.1 Å². The Bertz CT molecular complexity index is 389. The van der Waals surface area contributed by atoms with Crippen LogP contribution in [0.15, 0.2) is 22.9 Å². The van der Waals surface area contributed by atoms with Gasteiger partial charge in [0.25, 0.3) is 0 Å². The van der Waals surface area contributed by atoms with Gasteiger partial charge in [-0.2, -0.15) is 0 Å².